The van der Waals surface area contributed by atoms with Gasteiger partial charge in [0.2, 0.25) is 0 Å². The van der Waals surface area contributed by atoms with Gasteiger partial charge in [-0.2, -0.15) is 0 Å². The Morgan fingerprint density at radius 1 is 1.33 bits per heavy atom. The zero-order valence-electron chi connectivity index (χ0n) is 11.0. The molecule has 1 aromatic carbocycles. The largest absolute Gasteiger partial charge is 0.492 e. The SMILES string of the molecule is CC#CCC(COc1ccc(Cl)cc1)NCCC. The summed E-state index contributed by atoms with van der Waals surface area (Å²) >= 11 is 5.83. The summed E-state index contributed by atoms with van der Waals surface area (Å²) in [4.78, 5) is 0. The van der Waals surface area contributed by atoms with Crippen molar-refractivity contribution in [2.24, 2.45) is 0 Å². The van der Waals surface area contributed by atoms with E-state index >= 15 is 0 Å². The molecule has 1 atom stereocenters. The molecule has 0 spiro atoms. The minimum atomic E-state index is 0.271. The Labute approximate surface area is 115 Å². The van der Waals surface area contributed by atoms with Crippen LogP contribution in [0.2, 0.25) is 5.02 Å². The summed E-state index contributed by atoms with van der Waals surface area (Å²) in [5.74, 6) is 6.85. The highest BCUT2D eigenvalue weighted by atomic mass is 35.5. The fraction of sp³-hybridized carbons (Fsp3) is 0.467. The molecule has 0 aliphatic carbocycles. The van der Waals surface area contributed by atoms with Crippen LogP contribution in [-0.2, 0) is 0 Å². The second-order valence-corrected chi connectivity index (χ2v) is 4.48. The highest BCUT2D eigenvalue weighted by molar-refractivity contribution is 6.30. The molecule has 1 aromatic rings. The standard InChI is InChI=1S/C15H20ClNO/c1-3-5-6-14(17-11-4-2)12-18-15-9-7-13(16)8-10-15/h7-10,14,17H,4,6,11-12H2,1-2H3. The third-order valence-electron chi connectivity index (χ3n) is 2.47. The molecule has 0 saturated carbocycles. The number of nitrogens with one attached hydrogen (secondary N) is 1. The number of ether oxygens (including phenoxy) is 1. The molecule has 18 heavy (non-hydrogen) atoms. The summed E-state index contributed by atoms with van der Waals surface area (Å²) in [5, 5.41) is 4.15. The van der Waals surface area contributed by atoms with Crippen molar-refractivity contribution in [3.8, 4) is 17.6 Å². The molecule has 0 fully saturated rings. The molecule has 3 heteroatoms. The molecule has 1 N–H and O–H groups in total. The number of hydrogen-bond acceptors (Lipinski definition) is 2. The van der Waals surface area contributed by atoms with Gasteiger partial charge in [-0.15, -0.1) is 11.8 Å². The molecule has 0 aromatic heterocycles. The van der Waals surface area contributed by atoms with Crippen LogP contribution in [0.4, 0.5) is 0 Å². The molecule has 0 aliphatic rings. The van der Waals surface area contributed by atoms with Crippen molar-refractivity contribution in [1.29, 1.82) is 0 Å². The van der Waals surface area contributed by atoms with Crippen LogP contribution in [0.25, 0.3) is 0 Å². The predicted octanol–water partition coefficient (Wildman–Crippen LogP) is 3.50. The van der Waals surface area contributed by atoms with Gasteiger partial charge in [-0.05, 0) is 44.2 Å². The second kappa shape index (κ2) is 8.85. The Hall–Kier alpha value is -1.17. The maximum atomic E-state index is 5.83. The molecule has 0 heterocycles. The Kier molecular flexibility index (Phi) is 7.32. The van der Waals surface area contributed by atoms with Crippen molar-refractivity contribution < 1.29 is 4.74 Å². The lowest BCUT2D eigenvalue weighted by Crippen LogP contribution is -2.34. The summed E-state index contributed by atoms with van der Waals surface area (Å²) in [7, 11) is 0. The van der Waals surface area contributed by atoms with Gasteiger partial charge in [-0.1, -0.05) is 18.5 Å². The first-order chi connectivity index (χ1) is 8.76. The van der Waals surface area contributed by atoms with Crippen LogP contribution in [0.15, 0.2) is 24.3 Å². The van der Waals surface area contributed by atoms with Crippen LogP contribution in [0, 0.1) is 11.8 Å². The highest BCUT2D eigenvalue weighted by Gasteiger charge is 2.07. The van der Waals surface area contributed by atoms with Crippen LogP contribution in [-0.4, -0.2) is 19.2 Å². The van der Waals surface area contributed by atoms with Crippen molar-refractivity contribution in [2.45, 2.75) is 32.7 Å². The zero-order valence-corrected chi connectivity index (χ0v) is 11.8. The van der Waals surface area contributed by atoms with Gasteiger partial charge < -0.3 is 10.1 Å². The molecule has 0 saturated heterocycles. The van der Waals surface area contributed by atoms with E-state index in [1.54, 1.807) is 0 Å². The van der Waals surface area contributed by atoms with E-state index in [2.05, 4.69) is 24.1 Å². The van der Waals surface area contributed by atoms with Gasteiger partial charge in [0.1, 0.15) is 12.4 Å². The van der Waals surface area contributed by atoms with Gasteiger partial charge in [-0.3, -0.25) is 0 Å². The molecule has 2 nitrogen and oxygen atoms in total. The third-order valence-corrected chi connectivity index (χ3v) is 2.73. The van der Waals surface area contributed by atoms with Crippen molar-refractivity contribution in [1.82, 2.24) is 5.32 Å². The van der Waals surface area contributed by atoms with Gasteiger partial charge >= 0.3 is 0 Å². The third kappa shape index (κ3) is 5.95. The van der Waals surface area contributed by atoms with E-state index in [9.17, 15) is 0 Å². The van der Waals surface area contributed by atoms with Crippen LogP contribution in [0.3, 0.4) is 0 Å². The second-order valence-electron chi connectivity index (χ2n) is 4.05. The van der Waals surface area contributed by atoms with E-state index in [4.69, 9.17) is 16.3 Å². The minimum Gasteiger partial charge on any atom is -0.492 e. The topological polar surface area (TPSA) is 21.3 Å². The summed E-state index contributed by atoms with van der Waals surface area (Å²) in [6.07, 6.45) is 1.92. The summed E-state index contributed by atoms with van der Waals surface area (Å²) in [6, 6.07) is 7.69. The van der Waals surface area contributed by atoms with Gasteiger partial charge in [-0.25, -0.2) is 0 Å². The van der Waals surface area contributed by atoms with Crippen LogP contribution in [0.1, 0.15) is 26.7 Å². The summed E-state index contributed by atoms with van der Waals surface area (Å²) < 4.78 is 5.73. The maximum absolute atomic E-state index is 5.83. The fourth-order valence-corrected chi connectivity index (χ4v) is 1.62. The van der Waals surface area contributed by atoms with E-state index in [-0.39, 0.29) is 6.04 Å². The Bertz CT molecular complexity index is 391. The molecule has 0 aliphatic heterocycles. The molecule has 0 amide bonds. The van der Waals surface area contributed by atoms with E-state index in [1.807, 2.05) is 31.2 Å². The minimum absolute atomic E-state index is 0.271. The Morgan fingerprint density at radius 2 is 2.06 bits per heavy atom. The van der Waals surface area contributed by atoms with Gasteiger partial charge in [0.05, 0.1) is 6.04 Å². The molecule has 1 unspecified atom stereocenters. The van der Waals surface area contributed by atoms with Gasteiger partial charge in [0.25, 0.3) is 0 Å². The molecule has 0 bridgehead atoms. The summed E-state index contributed by atoms with van der Waals surface area (Å²) in [6.45, 7) is 5.61. The predicted molar refractivity (Wildman–Crippen MR) is 77.1 cm³/mol. The normalized spacial score (nSPS) is 11.5. The first kappa shape index (κ1) is 14.9. The van der Waals surface area contributed by atoms with E-state index in [1.165, 1.54) is 0 Å². The van der Waals surface area contributed by atoms with Gasteiger partial charge in [0.15, 0.2) is 0 Å². The van der Waals surface area contributed by atoms with Crippen molar-refractivity contribution in [2.75, 3.05) is 13.2 Å². The molecular formula is C15H20ClNO. The molecule has 98 valence electrons. The number of halogens is 1. The van der Waals surface area contributed by atoms with Crippen LogP contribution < -0.4 is 10.1 Å². The maximum Gasteiger partial charge on any atom is 0.119 e. The lowest BCUT2D eigenvalue weighted by Gasteiger charge is -2.16. The smallest absolute Gasteiger partial charge is 0.119 e. The van der Waals surface area contributed by atoms with Gasteiger partial charge in [0, 0.05) is 11.4 Å². The van der Waals surface area contributed by atoms with Crippen LogP contribution in [0.5, 0.6) is 5.75 Å². The first-order valence-corrected chi connectivity index (χ1v) is 6.65. The lowest BCUT2D eigenvalue weighted by molar-refractivity contribution is 0.266. The quantitative estimate of drug-likeness (QED) is 0.762. The summed E-state index contributed by atoms with van der Waals surface area (Å²) in [5.41, 5.74) is 0. The number of benzene rings is 1. The van der Waals surface area contributed by atoms with E-state index in [0.29, 0.717) is 6.61 Å². The van der Waals surface area contributed by atoms with E-state index in [0.717, 1.165) is 30.2 Å². The van der Waals surface area contributed by atoms with Crippen molar-refractivity contribution in [3.63, 3.8) is 0 Å². The number of hydrogen-bond donors (Lipinski definition) is 1. The van der Waals surface area contributed by atoms with E-state index < -0.39 is 0 Å². The molecule has 1 rings (SSSR count). The van der Waals surface area contributed by atoms with Crippen LogP contribution >= 0.6 is 11.6 Å². The average molecular weight is 266 g/mol. The first-order valence-electron chi connectivity index (χ1n) is 6.27. The Balaban J connectivity index is 2.43. The highest BCUT2D eigenvalue weighted by Crippen LogP contribution is 2.15. The zero-order chi connectivity index (χ0) is 13.2. The Morgan fingerprint density at radius 3 is 2.67 bits per heavy atom. The van der Waals surface area contributed by atoms with Crippen molar-refractivity contribution in [3.05, 3.63) is 29.3 Å². The molecular weight excluding hydrogens is 246 g/mol. The van der Waals surface area contributed by atoms with Crippen molar-refractivity contribution >= 4 is 11.6 Å². The monoisotopic (exact) mass is 265 g/mol. The lowest BCUT2D eigenvalue weighted by atomic mass is 10.2. The molecule has 0 radical (unpaired) electrons. The fourth-order valence-electron chi connectivity index (χ4n) is 1.49. The average Bonchev–Trinajstić information content (AvgIpc) is 2.40. The number of rotatable bonds is 7.